The number of thiazole rings is 1. The smallest absolute Gasteiger partial charge is 0.257 e. The summed E-state index contributed by atoms with van der Waals surface area (Å²) >= 11 is 7.68. The van der Waals surface area contributed by atoms with Crippen LogP contribution in [0.1, 0.15) is 40.3 Å². The number of aromatic nitrogens is 3. The Labute approximate surface area is 173 Å². The molecule has 0 radical (unpaired) electrons. The number of hydrogen-bond acceptors (Lipinski definition) is 5. The number of halogens is 1. The average molecular weight is 416 g/mol. The van der Waals surface area contributed by atoms with E-state index in [1.54, 1.807) is 16.8 Å². The molecule has 0 saturated carbocycles. The molecule has 0 unspecified atom stereocenters. The number of nitrogens with one attached hydrogen (secondary N) is 1. The molecule has 1 aliphatic rings. The number of nitrogens with zero attached hydrogens (tertiary/aromatic N) is 4. The van der Waals surface area contributed by atoms with Crippen molar-refractivity contribution in [3.05, 3.63) is 57.3 Å². The van der Waals surface area contributed by atoms with Crippen LogP contribution in [0.15, 0.2) is 29.6 Å². The molecule has 28 heavy (non-hydrogen) atoms. The summed E-state index contributed by atoms with van der Waals surface area (Å²) in [6.45, 7) is 6.91. The van der Waals surface area contributed by atoms with E-state index in [0.717, 1.165) is 42.4 Å². The number of benzene rings is 1. The SMILES string of the molecule is Cc1nn(-c2ccc(C(=O)Nc3nc(CN4CCCC4)cs3)cc2)c(C)c1Cl. The zero-order chi connectivity index (χ0) is 19.7. The van der Waals surface area contributed by atoms with Crippen LogP contribution < -0.4 is 5.32 Å². The largest absolute Gasteiger partial charge is 0.298 e. The minimum Gasteiger partial charge on any atom is -0.298 e. The lowest BCUT2D eigenvalue weighted by atomic mass is 10.2. The molecular formula is C20H22ClN5OS. The summed E-state index contributed by atoms with van der Waals surface area (Å²) in [5.74, 6) is -0.167. The van der Waals surface area contributed by atoms with Gasteiger partial charge in [0.15, 0.2) is 5.13 Å². The summed E-state index contributed by atoms with van der Waals surface area (Å²) in [5, 5.41) is 10.6. The van der Waals surface area contributed by atoms with Gasteiger partial charge in [-0.05, 0) is 64.0 Å². The molecule has 1 N–H and O–H groups in total. The van der Waals surface area contributed by atoms with Crippen molar-refractivity contribution in [3.63, 3.8) is 0 Å². The van der Waals surface area contributed by atoms with Crippen molar-refractivity contribution in [2.24, 2.45) is 0 Å². The summed E-state index contributed by atoms with van der Waals surface area (Å²) in [5.41, 5.74) is 4.12. The first-order chi connectivity index (χ1) is 13.5. The number of anilines is 1. The number of carbonyl (C=O) groups is 1. The highest BCUT2D eigenvalue weighted by Gasteiger charge is 2.15. The van der Waals surface area contributed by atoms with Crippen LogP contribution in [-0.4, -0.2) is 38.7 Å². The van der Waals surface area contributed by atoms with Crippen molar-refractivity contribution < 1.29 is 4.79 Å². The number of rotatable bonds is 5. The second kappa shape index (κ2) is 8.03. The van der Waals surface area contributed by atoms with E-state index in [4.69, 9.17) is 11.6 Å². The number of aryl methyl sites for hydroxylation is 1. The maximum absolute atomic E-state index is 12.5. The van der Waals surface area contributed by atoms with Crippen LogP contribution in [0.4, 0.5) is 5.13 Å². The van der Waals surface area contributed by atoms with E-state index in [-0.39, 0.29) is 5.91 Å². The van der Waals surface area contributed by atoms with E-state index in [9.17, 15) is 4.79 Å². The van der Waals surface area contributed by atoms with Crippen LogP contribution >= 0.6 is 22.9 Å². The Hall–Kier alpha value is -2.22. The first-order valence-electron chi connectivity index (χ1n) is 9.31. The van der Waals surface area contributed by atoms with Crippen LogP contribution in [-0.2, 0) is 6.54 Å². The molecule has 2 aromatic heterocycles. The van der Waals surface area contributed by atoms with Gasteiger partial charge in [-0.25, -0.2) is 9.67 Å². The van der Waals surface area contributed by atoms with Crippen LogP contribution in [0, 0.1) is 13.8 Å². The summed E-state index contributed by atoms with van der Waals surface area (Å²) in [7, 11) is 0. The fourth-order valence-electron chi connectivity index (χ4n) is 3.41. The molecular weight excluding hydrogens is 394 g/mol. The van der Waals surface area contributed by atoms with Crippen molar-refractivity contribution in [2.45, 2.75) is 33.2 Å². The van der Waals surface area contributed by atoms with Gasteiger partial charge in [-0.2, -0.15) is 5.10 Å². The molecule has 0 spiro atoms. The number of amides is 1. The van der Waals surface area contributed by atoms with Gasteiger partial charge in [-0.15, -0.1) is 11.3 Å². The van der Waals surface area contributed by atoms with Gasteiger partial charge in [0.05, 0.1) is 27.8 Å². The maximum Gasteiger partial charge on any atom is 0.257 e. The number of carbonyl (C=O) groups excluding carboxylic acids is 1. The van der Waals surface area contributed by atoms with Gasteiger partial charge in [-0.3, -0.25) is 15.0 Å². The van der Waals surface area contributed by atoms with Gasteiger partial charge in [0, 0.05) is 17.5 Å². The lowest BCUT2D eigenvalue weighted by molar-refractivity contribution is 0.102. The Bertz CT molecular complexity index is 989. The molecule has 4 rings (SSSR count). The predicted molar refractivity (Wildman–Crippen MR) is 113 cm³/mol. The quantitative estimate of drug-likeness (QED) is 0.668. The highest BCUT2D eigenvalue weighted by molar-refractivity contribution is 7.14. The monoisotopic (exact) mass is 415 g/mol. The number of likely N-dealkylation sites (tertiary alicyclic amines) is 1. The van der Waals surface area contributed by atoms with E-state index >= 15 is 0 Å². The third kappa shape index (κ3) is 3.97. The molecule has 1 aliphatic heterocycles. The Morgan fingerprint density at radius 2 is 1.93 bits per heavy atom. The first-order valence-corrected chi connectivity index (χ1v) is 10.6. The highest BCUT2D eigenvalue weighted by atomic mass is 35.5. The molecule has 8 heteroatoms. The van der Waals surface area contributed by atoms with E-state index in [1.165, 1.54) is 24.2 Å². The van der Waals surface area contributed by atoms with Crippen LogP contribution in [0.5, 0.6) is 0 Å². The van der Waals surface area contributed by atoms with Crippen LogP contribution in [0.25, 0.3) is 5.69 Å². The third-order valence-corrected chi connectivity index (χ3v) is 6.29. The van der Waals surface area contributed by atoms with Gasteiger partial charge >= 0.3 is 0 Å². The minimum absolute atomic E-state index is 0.167. The topological polar surface area (TPSA) is 63.1 Å². The Morgan fingerprint density at radius 1 is 1.21 bits per heavy atom. The zero-order valence-electron chi connectivity index (χ0n) is 15.9. The molecule has 1 saturated heterocycles. The van der Waals surface area contributed by atoms with E-state index in [1.807, 2.05) is 31.4 Å². The standard InChI is InChI=1S/C20H22ClN5OS/c1-13-18(21)14(2)26(24-13)17-7-5-15(6-8-17)19(27)23-20-22-16(12-28-20)11-25-9-3-4-10-25/h5-8,12H,3-4,9-11H2,1-2H3,(H,22,23,27). The van der Waals surface area contributed by atoms with Crippen molar-refractivity contribution in [1.29, 1.82) is 0 Å². The summed E-state index contributed by atoms with van der Waals surface area (Å²) in [6.07, 6.45) is 2.51. The van der Waals surface area contributed by atoms with Crippen LogP contribution in [0.3, 0.4) is 0 Å². The van der Waals surface area contributed by atoms with E-state index < -0.39 is 0 Å². The first kappa shape index (κ1) is 19.1. The van der Waals surface area contributed by atoms with Crippen LogP contribution in [0.2, 0.25) is 5.02 Å². The molecule has 0 aliphatic carbocycles. The second-order valence-corrected chi connectivity index (χ2v) is 8.26. The lowest BCUT2D eigenvalue weighted by Gasteiger charge is -2.11. The predicted octanol–water partition coefficient (Wildman–Crippen LogP) is 4.45. The Kier molecular flexibility index (Phi) is 5.48. The molecule has 1 amide bonds. The van der Waals surface area contributed by atoms with Gasteiger partial charge in [-0.1, -0.05) is 11.6 Å². The normalized spacial score (nSPS) is 14.5. The number of hydrogen-bond donors (Lipinski definition) is 1. The van der Waals surface area contributed by atoms with Gasteiger partial charge in [0.2, 0.25) is 0 Å². The molecule has 1 aromatic carbocycles. The molecule has 0 bridgehead atoms. The minimum atomic E-state index is -0.167. The summed E-state index contributed by atoms with van der Waals surface area (Å²) in [6, 6.07) is 7.30. The molecule has 3 aromatic rings. The van der Waals surface area contributed by atoms with E-state index in [0.29, 0.717) is 15.7 Å². The Balaban J connectivity index is 1.42. The molecule has 3 heterocycles. The Morgan fingerprint density at radius 3 is 2.57 bits per heavy atom. The van der Waals surface area contributed by atoms with Gasteiger partial charge in [0.25, 0.3) is 5.91 Å². The molecule has 146 valence electrons. The van der Waals surface area contributed by atoms with Crippen molar-refractivity contribution in [2.75, 3.05) is 18.4 Å². The summed E-state index contributed by atoms with van der Waals surface area (Å²) in [4.78, 5) is 19.5. The second-order valence-electron chi connectivity index (χ2n) is 7.02. The van der Waals surface area contributed by atoms with Crippen molar-refractivity contribution >= 4 is 34.0 Å². The third-order valence-electron chi connectivity index (χ3n) is 4.93. The average Bonchev–Trinajstić information content (AvgIpc) is 3.42. The fraction of sp³-hybridized carbons (Fsp3) is 0.350. The van der Waals surface area contributed by atoms with Gasteiger partial charge < -0.3 is 0 Å². The van der Waals surface area contributed by atoms with Gasteiger partial charge in [0.1, 0.15) is 0 Å². The lowest BCUT2D eigenvalue weighted by Crippen LogP contribution is -2.18. The van der Waals surface area contributed by atoms with Crippen molar-refractivity contribution in [3.8, 4) is 5.69 Å². The van der Waals surface area contributed by atoms with Crippen molar-refractivity contribution in [1.82, 2.24) is 19.7 Å². The van der Waals surface area contributed by atoms with E-state index in [2.05, 4.69) is 20.3 Å². The zero-order valence-corrected chi connectivity index (χ0v) is 17.5. The molecule has 0 atom stereocenters. The molecule has 6 nitrogen and oxygen atoms in total. The summed E-state index contributed by atoms with van der Waals surface area (Å²) < 4.78 is 1.78. The molecule has 1 fully saturated rings. The fourth-order valence-corrected chi connectivity index (χ4v) is 4.22. The highest BCUT2D eigenvalue weighted by Crippen LogP contribution is 2.23. The maximum atomic E-state index is 12.5.